The van der Waals surface area contributed by atoms with Gasteiger partial charge in [-0.2, -0.15) is 9.78 Å². The van der Waals surface area contributed by atoms with Crippen LogP contribution in [0.15, 0.2) is 46.2 Å². The van der Waals surface area contributed by atoms with Crippen LogP contribution in [-0.2, 0) is 0 Å². The van der Waals surface area contributed by atoms with E-state index in [1.807, 2.05) is 5.40 Å². The van der Waals surface area contributed by atoms with Gasteiger partial charge in [0.25, 0.3) is 0 Å². The lowest BCUT2D eigenvalue weighted by Gasteiger charge is -2.02. The van der Waals surface area contributed by atoms with Gasteiger partial charge in [-0.1, -0.05) is 11.6 Å². The molecule has 1 aromatic carbocycles. The molecule has 3 heterocycles. The third kappa shape index (κ3) is 2.01. The summed E-state index contributed by atoms with van der Waals surface area (Å²) >= 11 is 6.99. The molecule has 8 heteroatoms. The summed E-state index contributed by atoms with van der Waals surface area (Å²) in [7, 11) is 0. The average Bonchev–Trinajstić information content (AvgIpc) is 3.17. The van der Waals surface area contributed by atoms with Gasteiger partial charge >= 0.3 is 0 Å². The average molecular weight is 328 g/mol. The highest BCUT2D eigenvalue weighted by Gasteiger charge is 2.16. The Bertz CT molecular complexity index is 1030. The molecular weight excluding hydrogens is 322 g/mol. The fourth-order valence-electron chi connectivity index (χ4n) is 2.17. The smallest absolute Gasteiger partial charge is 0.218 e. The summed E-state index contributed by atoms with van der Waals surface area (Å²) < 4.78 is 6.86. The summed E-state index contributed by atoms with van der Waals surface area (Å²) in [5, 5.41) is 17.1. The number of fused-ring (bicyclic) bond motifs is 3. The van der Waals surface area contributed by atoms with Gasteiger partial charge in [-0.3, -0.25) is 0 Å². The van der Waals surface area contributed by atoms with Crippen LogP contribution >= 0.6 is 23.4 Å². The summed E-state index contributed by atoms with van der Waals surface area (Å²) in [4.78, 5) is 8.94. The molecule has 0 saturated heterocycles. The summed E-state index contributed by atoms with van der Waals surface area (Å²) in [6.07, 6.45) is 1.55. The standard InChI is InChI=1S/C14H6ClN5OS/c15-8-3-4-10-9(6-8)13-18-12(11-2-1-5-21-11)19-20(13)14(17-10)22-7-16/h1-6H. The Hall–Kier alpha value is -2.56. The topological polar surface area (TPSA) is 80.0 Å². The molecule has 0 aliphatic carbocycles. The van der Waals surface area contributed by atoms with E-state index in [9.17, 15) is 0 Å². The van der Waals surface area contributed by atoms with Crippen molar-refractivity contribution >= 4 is 39.9 Å². The number of thiocyanates is 1. The molecule has 6 nitrogen and oxygen atoms in total. The molecule has 22 heavy (non-hydrogen) atoms. The zero-order chi connectivity index (χ0) is 15.1. The number of halogens is 1. The second kappa shape index (κ2) is 5.02. The molecule has 0 spiro atoms. The molecule has 0 aliphatic heterocycles. The van der Waals surface area contributed by atoms with Crippen molar-refractivity contribution in [3.05, 3.63) is 41.6 Å². The van der Waals surface area contributed by atoms with Crippen LogP contribution in [0.4, 0.5) is 0 Å². The van der Waals surface area contributed by atoms with Crippen molar-refractivity contribution in [1.29, 1.82) is 5.26 Å². The van der Waals surface area contributed by atoms with Crippen LogP contribution in [-0.4, -0.2) is 19.6 Å². The number of hydrogen-bond donors (Lipinski definition) is 0. The van der Waals surface area contributed by atoms with E-state index in [1.165, 1.54) is 4.52 Å². The summed E-state index contributed by atoms with van der Waals surface area (Å²) in [6, 6.07) is 8.85. The summed E-state index contributed by atoms with van der Waals surface area (Å²) in [6.45, 7) is 0. The summed E-state index contributed by atoms with van der Waals surface area (Å²) in [5.41, 5.74) is 1.28. The van der Waals surface area contributed by atoms with Crippen LogP contribution < -0.4 is 0 Å². The molecule has 0 unspecified atom stereocenters. The lowest BCUT2D eigenvalue weighted by Crippen LogP contribution is -1.97. The zero-order valence-electron chi connectivity index (χ0n) is 10.9. The van der Waals surface area contributed by atoms with E-state index < -0.39 is 0 Å². The highest BCUT2D eigenvalue weighted by molar-refractivity contribution is 8.03. The molecule has 4 rings (SSSR count). The minimum Gasteiger partial charge on any atom is -0.461 e. The van der Waals surface area contributed by atoms with E-state index in [0.29, 0.717) is 32.9 Å². The molecule has 0 atom stereocenters. The Morgan fingerprint density at radius 2 is 2.18 bits per heavy atom. The predicted molar refractivity (Wildman–Crippen MR) is 82.5 cm³/mol. The molecule has 0 amide bonds. The number of benzene rings is 1. The number of nitrogens with zero attached hydrogens (tertiary/aromatic N) is 5. The first-order valence-electron chi connectivity index (χ1n) is 6.22. The van der Waals surface area contributed by atoms with Gasteiger partial charge in [0.15, 0.2) is 11.4 Å². The number of aromatic nitrogens is 4. The van der Waals surface area contributed by atoms with Gasteiger partial charge < -0.3 is 4.42 Å². The van der Waals surface area contributed by atoms with Gasteiger partial charge in [0.2, 0.25) is 11.0 Å². The molecule has 0 fully saturated rings. The number of thioether (sulfide) groups is 1. The minimum atomic E-state index is 0.430. The van der Waals surface area contributed by atoms with E-state index >= 15 is 0 Å². The maximum Gasteiger partial charge on any atom is 0.218 e. The van der Waals surface area contributed by atoms with Gasteiger partial charge in [0, 0.05) is 22.2 Å². The maximum absolute atomic E-state index is 8.96. The molecule has 4 aromatic rings. The zero-order valence-corrected chi connectivity index (χ0v) is 12.5. The van der Waals surface area contributed by atoms with Crippen molar-refractivity contribution < 1.29 is 4.42 Å². The molecule has 3 aromatic heterocycles. The van der Waals surface area contributed by atoms with Gasteiger partial charge in [-0.25, -0.2) is 9.97 Å². The largest absolute Gasteiger partial charge is 0.461 e. The first kappa shape index (κ1) is 13.1. The van der Waals surface area contributed by atoms with E-state index in [4.69, 9.17) is 21.3 Å². The lowest BCUT2D eigenvalue weighted by molar-refractivity contribution is 0.576. The van der Waals surface area contributed by atoms with Crippen molar-refractivity contribution in [2.24, 2.45) is 0 Å². The lowest BCUT2D eigenvalue weighted by atomic mass is 10.2. The highest BCUT2D eigenvalue weighted by atomic mass is 35.5. The van der Waals surface area contributed by atoms with Crippen molar-refractivity contribution in [2.45, 2.75) is 5.16 Å². The van der Waals surface area contributed by atoms with Crippen molar-refractivity contribution in [2.75, 3.05) is 0 Å². The van der Waals surface area contributed by atoms with Crippen LogP contribution in [0, 0.1) is 10.7 Å². The number of hydrogen-bond acceptors (Lipinski definition) is 6. The second-order valence-corrected chi connectivity index (χ2v) is 5.59. The fourth-order valence-corrected chi connectivity index (χ4v) is 2.78. The van der Waals surface area contributed by atoms with Crippen molar-refractivity contribution in [3.8, 4) is 17.0 Å². The molecule has 0 N–H and O–H groups in total. The van der Waals surface area contributed by atoms with Gasteiger partial charge in [-0.15, -0.1) is 5.10 Å². The Balaban J connectivity index is 2.10. The Kier molecular flexibility index (Phi) is 2.99. The highest BCUT2D eigenvalue weighted by Crippen LogP contribution is 2.27. The van der Waals surface area contributed by atoms with Gasteiger partial charge in [-0.05, 0) is 30.3 Å². The monoisotopic (exact) mass is 327 g/mol. The first-order valence-corrected chi connectivity index (χ1v) is 7.41. The number of furan rings is 1. The third-order valence-electron chi connectivity index (χ3n) is 3.08. The number of nitriles is 1. The van der Waals surface area contributed by atoms with Gasteiger partial charge in [0.1, 0.15) is 5.40 Å². The SMILES string of the molecule is N#CSc1nc2ccc(Cl)cc2c2nc(-c3ccco3)nn12. The normalized spacial score (nSPS) is 11.1. The van der Waals surface area contributed by atoms with Crippen molar-refractivity contribution in [3.63, 3.8) is 0 Å². The molecule has 0 aliphatic rings. The molecule has 0 bridgehead atoms. The van der Waals surface area contributed by atoms with Crippen LogP contribution in [0.3, 0.4) is 0 Å². The maximum atomic E-state index is 8.96. The quantitative estimate of drug-likeness (QED) is 0.317. The first-order chi connectivity index (χ1) is 10.8. The van der Waals surface area contributed by atoms with Crippen molar-refractivity contribution in [1.82, 2.24) is 19.6 Å². The van der Waals surface area contributed by atoms with E-state index in [1.54, 1.807) is 36.6 Å². The summed E-state index contributed by atoms with van der Waals surface area (Å²) in [5.74, 6) is 0.978. The van der Waals surface area contributed by atoms with Crippen LogP contribution in [0.1, 0.15) is 0 Å². The second-order valence-electron chi connectivity index (χ2n) is 4.40. The van der Waals surface area contributed by atoms with Crippen LogP contribution in [0.2, 0.25) is 5.02 Å². The Morgan fingerprint density at radius 1 is 1.27 bits per heavy atom. The fraction of sp³-hybridized carbons (Fsp3) is 0. The van der Waals surface area contributed by atoms with E-state index in [2.05, 4.69) is 15.1 Å². The van der Waals surface area contributed by atoms with Crippen LogP contribution in [0.5, 0.6) is 0 Å². The van der Waals surface area contributed by atoms with Crippen LogP contribution in [0.25, 0.3) is 28.1 Å². The molecule has 0 radical (unpaired) electrons. The predicted octanol–water partition coefficient (Wildman–Crippen LogP) is 3.76. The third-order valence-corrected chi connectivity index (χ3v) is 3.86. The Labute approximate surface area is 133 Å². The molecule has 0 saturated carbocycles. The van der Waals surface area contributed by atoms with E-state index in [-0.39, 0.29) is 0 Å². The van der Waals surface area contributed by atoms with Gasteiger partial charge in [0.05, 0.1) is 11.8 Å². The molecular formula is C14H6ClN5OS. The Morgan fingerprint density at radius 3 is 2.95 bits per heavy atom. The van der Waals surface area contributed by atoms with E-state index in [0.717, 1.165) is 17.1 Å². The number of rotatable bonds is 2. The molecule has 106 valence electrons. The minimum absolute atomic E-state index is 0.430.